The molecule has 0 aliphatic carbocycles. The normalized spacial score (nSPS) is 12.4. The standard InChI is InChI=1S/C15H17F2NO2/c1-4-18-15(11-5-6-20-9(11)2)14-12(16)7-10(19-3)8-13(14)17/h5-8,15,18H,4H2,1-3H3. The van der Waals surface area contributed by atoms with E-state index in [1.807, 2.05) is 6.92 Å². The summed E-state index contributed by atoms with van der Waals surface area (Å²) >= 11 is 0. The molecule has 20 heavy (non-hydrogen) atoms. The number of halogens is 2. The fourth-order valence-corrected chi connectivity index (χ4v) is 2.22. The third-order valence-corrected chi connectivity index (χ3v) is 3.20. The molecule has 0 aliphatic heterocycles. The quantitative estimate of drug-likeness (QED) is 0.909. The predicted molar refractivity (Wildman–Crippen MR) is 71.9 cm³/mol. The van der Waals surface area contributed by atoms with Crippen molar-refractivity contribution in [2.24, 2.45) is 0 Å². The van der Waals surface area contributed by atoms with Gasteiger partial charge < -0.3 is 14.5 Å². The zero-order chi connectivity index (χ0) is 14.7. The van der Waals surface area contributed by atoms with Gasteiger partial charge >= 0.3 is 0 Å². The van der Waals surface area contributed by atoms with Crippen molar-refractivity contribution >= 4 is 0 Å². The van der Waals surface area contributed by atoms with E-state index in [-0.39, 0.29) is 11.3 Å². The van der Waals surface area contributed by atoms with E-state index in [1.165, 1.54) is 25.5 Å². The summed E-state index contributed by atoms with van der Waals surface area (Å²) < 4.78 is 38.5. The van der Waals surface area contributed by atoms with Crippen LogP contribution in [0.3, 0.4) is 0 Å². The minimum Gasteiger partial charge on any atom is -0.497 e. The van der Waals surface area contributed by atoms with Crippen molar-refractivity contribution < 1.29 is 17.9 Å². The number of hydrogen-bond acceptors (Lipinski definition) is 3. The van der Waals surface area contributed by atoms with Crippen LogP contribution in [0.1, 0.15) is 29.9 Å². The predicted octanol–water partition coefficient (Wildman–Crippen LogP) is 3.57. The minimum absolute atomic E-state index is 0.0304. The van der Waals surface area contributed by atoms with Gasteiger partial charge in [0.25, 0.3) is 0 Å². The second-order valence-electron chi connectivity index (χ2n) is 4.43. The fraction of sp³-hybridized carbons (Fsp3) is 0.333. The van der Waals surface area contributed by atoms with Crippen LogP contribution in [0.15, 0.2) is 28.9 Å². The van der Waals surface area contributed by atoms with E-state index in [2.05, 4.69) is 5.32 Å². The van der Waals surface area contributed by atoms with Gasteiger partial charge in [0.1, 0.15) is 23.1 Å². The molecule has 1 N–H and O–H groups in total. The molecule has 0 saturated heterocycles. The van der Waals surface area contributed by atoms with Gasteiger partial charge in [0, 0.05) is 23.3 Å². The van der Waals surface area contributed by atoms with Crippen molar-refractivity contribution in [1.29, 1.82) is 0 Å². The Labute approximate surface area is 116 Å². The van der Waals surface area contributed by atoms with E-state index in [4.69, 9.17) is 9.15 Å². The number of ether oxygens (including phenoxy) is 1. The SMILES string of the molecule is CCNC(c1ccoc1C)c1c(F)cc(OC)cc1F. The molecule has 5 heteroatoms. The zero-order valence-corrected chi connectivity index (χ0v) is 11.7. The molecule has 1 atom stereocenters. The Balaban J connectivity index is 2.53. The first kappa shape index (κ1) is 14.5. The molecule has 0 radical (unpaired) electrons. The van der Waals surface area contributed by atoms with Crippen LogP contribution >= 0.6 is 0 Å². The van der Waals surface area contributed by atoms with Crippen LogP contribution in [-0.4, -0.2) is 13.7 Å². The largest absolute Gasteiger partial charge is 0.497 e. The zero-order valence-electron chi connectivity index (χ0n) is 11.7. The van der Waals surface area contributed by atoms with Gasteiger partial charge in [-0.25, -0.2) is 8.78 Å². The van der Waals surface area contributed by atoms with Crippen LogP contribution in [-0.2, 0) is 0 Å². The Bertz CT molecular complexity index is 572. The summed E-state index contributed by atoms with van der Waals surface area (Å²) in [5.41, 5.74) is 0.687. The molecular formula is C15H17F2NO2. The lowest BCUT2D eigenvalue weighted by molar-refractivity contribution is 0.403. The first-order chi connectivity index (χ1) is 9.58. The van der Waals surface area contributed by atoms with Crippen LogP contribution in [0, 0.1) is 18.6 Å². The lowest BCUT2D eigenvalue weighted by atomic mass is 9.98. The number of rotatable bonds is 5. The molecule has 0 bridgehead atoms. The van der Waals surface area contributed by atoms with E-state index in [0.717, 1.165) is 5.56 Å². The van der Waals surface area contributed by atoms with Gasteiger partial charge in [-0.15, -0.1) is 0 Å². The maximum absolute atomic E-state index is 14.2. The van der Waals surface area contributed by atoms with Gasteiger partial charge in [-0.1, -0.05) is 6.92 Å². The lowest BCUT2D eigenvalue weighted by Crippen LogP contribution is -2.24. The number of benzene rings is 1. The highest BCUT2D eigenvalue weighted by molar-refractivity contribution is 5.38. The lowest BCUT2D eigenvalue weighted by Gasteiger charge is -2.19. The maximum atomic E-state index is 14.2. The molecule has 0 fully saturated rings. The molecule has 2 aromatic rings. The van der Waals surface area contributed by atoms with E-state index in [0.29, 0.717) is 12.3 Å². The molecule has 1 aromatic carbocycles. The van der Waals surface area contributed by atoms with Crippen LogP contribution in [0.5, 0.6) is 5.75 Å². The Morgan fingerprint density at radius 2 is 1.95 bits per heavy atom. The highest BCUT2D eigenvalue weighted by atomic mass is 19.1. The molecule has 0 aliphatic rings. The van der Waals surface area contributed by atoms with Crippen LogP contribution in [0.25, 0.3) is 0 Å². The van der Waals surface area contributed by atoms with Gasteiger partial charge in [0.2, 0.25) is 0 Å². The second kappa shape index (κ2) is 6.05. The monoisotopic (exact) mass is 281 g/mol. The first-order valence-corrected chi connectivity index (χ1v) is 6.38. The van der Waals surface area contributed by atoms with Crippen molar-refractivity contribution in [2.75, 3.05) is 13.7 Å². The van der Waals surface area contributed by atoms with Gasteiger partial charge in [0.05, 0.1) is 19.4 Å². The maximum Gasteiger partial charge on any atom is 0.134 e. The van der Waals surface area contributed by atoms with Crippen LogP contribution < -0.4 is 10.1 Å². The molecule has 1 unspecified atom stereocenters. The van der Waals surface area contributed by atoms with Crippen LogP contribution in [0.2, 0.25) is 0 Å². The highest BCUT2D eigenvalue weighted by Gasteiger charge is 2.24. The number of aryl methyl sites for hydroxylation is 1. The average Bonchev–Trinajstić information content (AvgIpc) is 2.82. The molecule has 0 spiro atoms. The highest BCUT2D eigenvalue weighted by Crippen LogP contribution is 2.31. The van der Waals surface area contributed by atoms with E-state index in [1.54, 1.807) is 13.0 Å². The number of hydrogen-bond donors (Lipinski definition) is 1. The summed E-state index contributed by atoms with van der Waals surface area (Å²) in [7, 11) is 1.37. The average molecular weight is 281 g/mol. The molecule has 0 amide bonds. The Morgan fingerprint density at radius 3 is 2.40 bits per heavy atom. The molecule has 1 aromatic heterocycles. The Hall–Kier alpha value is -1.88. The molecule has 2 rings (SSSR count). The van der Waals surface area contributed by atoms with E-state index < -0.39 is 17.7 Å². The number of methoxy groups -OCH3 is 1. The van der Waals surface area contributed by atoms with E-state index >= 15 is 0 Å². The van der Waals surface area contributed by atoms with Crippen LogP contribution in [0.4, 0.5) is 8.78 Å². The summed E-state index contributed by atoms with van der Waals surface area (Å²) in [6.45, 7) is 4.21. The first-order valence-electron chi connectivity index (χ1n) is 6.38. The summed E-state index contributed by atoms with van der Waals surface area (Å²) in [6.07, 6.45) is 1.51. The molecular weight excluding hydrogens is 264 g/mol. The van der Waals surface area contributed by atoms with Gasteiger partial charge in [-0.05, 0) is 19.5 Å². The van der Waals surface area contributed by atoms with Crippen molar-refractivity contribution in [1.82, 2.24) is 5.32 Å². The fourth-order valence-electron chi connectivity index (χ4n) is 2.22. The summed E-state index contributed by atoms with van der Waals surface area (Å²) in [6, 6.07) is 3.48. The van der Waals surface area contributed by atoms with Crippen molar-refractivity contribution in [3.05, 3.63) is 53.0 Å². The van der Waals surface area contributed by atoms with Gasteiger partial charge in [0.15, 0.2) is 0 Å². The number of nitrogens with one attached hydrogen (secondary N) is 1. The molecule has 3 nitrogen and oxygen atoms in total. The third kappa shape index (κ3) is 2.67. The Kier molecular flexibility index (Phi) is 4.39. The van der Waals surface area contributed by atoms with Crippen molar-refractivity contribution in [3.8, 4) is 5.75 Å². The molecule has 108 valence electrons. The minimum atomic E-state index is -0.645. The van der Waals surface area contributed by atoms with E-state index in [9.17, 15) is 8.78 Å². The number of furan rings is 1. The van der Waals surface area contributed by atoms with Crippen molar-refractivity contribution in [3.63, 3.8) is 0 Å². The van der Waals surface area contributed by atoms with Crippen molar-refractivity contribution in [2.45, 2.75) is 19.9 Å². The van der Waals surface area contributed by atoms with Gasteiger partial charge in [-0.3, -0.25) is 0 Å². The summed E-state index contributed by atoms with van der Waals surface area (Å²) in [5.74, 6) is -0.504. The second-order valence-corrected chi connectivity index (χ2v) is 4.43. The molecule has 0 saturated carbocycles. The third-order valence-electron chi connectivity index (χ3n) is 3.20. The van der Waals surface area contributed by atoms with Gasteiger partial charge in [-0.2, -0.15) is 0 Å². The summed E-state index contributed by atoms with van der Waals surface area (Å²) in [4.78, 5) is 0. The smallest absolute Gasteiger partial charge is 0.134 e. The topological polar surface area (TPSA) is 34.4 Å². The Morgan fingerprint density at radius 1 is 1.30 bits per heavy atom. The molecule has 1 heterocycles. The summed E-state index contributed by atoms with van der Waals surface area (Å²) in [5, 5.41) is 3.08.